The highest BCUT2D eigenvalue weighted by Crippen LogP contribution is 2.25. The zero-order valence-electron chi connectivity index (χ0n) is 16.3. The molecule has 4 nitrogen and oxygen atoms in total. The molecule has 1 amide bonds. The third-order valence-corrected chi connectivity index (χ3v) is 5.09. The lowest BCUT2D eigenvalue weighted by Crippen LogP contribution is -2.23. The molecule has 30 heavy (non-hydrogen) atoms. The van der Waals surface area contributed by atoms with Crippen molar-refractivity contribution in [2.75, 3.05) is 6.61 Å². The van der Waals surface area contributed by atoms with E-state index in [0.29, 0.717) is 38.7 Å². The Morgan fingerprint density at radius 2 is 1.70 bits per heavy atom. The molecule has 0 aromatic heterocycles. The van der Waals surface area contributed by atoms with Crippen LogP contribution in [0.3, 0.4) is 0 Å². The van der Waals surface area contributed by atoms with Crippen molar-refractivity contribution in [3.05, 3.63) is 92.4 Å². The lowest BCUT2D eigenvalue weighted by Gasteiger charge is -2.14. The number of amides is 1. The minimum Gasteiger partial charge on any atom is -0.493 e. The molecule has 7 heteroatoms. The average Bonchev–Trinajstić information content (AvgIpc) is 2.72. The van der Waals surface area contributed by atoms with Gasteiger partial charge in [0.2, 0.25) is 0 Å². The van der Waals surface area contributed by atoms with Gasteiger partial charge in [0.1, 0.15) is 18.1 Å². The van der Waals surface area contributed by atoms with Gasteiger partial charge in [0.15, 0.2) is 0 Å². The van der Waals surface area contributed by atoms with Crippen molar-refractivity contribution in [1.82, 2.24) is 5.32 Å². The number of nitrogens with one attached hydrogen (secondary N) is 1. The molecular weight excluding hydrogens is 445 g/mol. The van der Waals surface area contributed by atoms with Gasteiger partial charge in [0.25, 0.3) is 5.91 Å². The van der Waals surface area contributed by atoms with Gasteiger partial charge in [-0.05, 0) is 61.0 Å². The molecule has 0 heterocycles. The van der Waals surface area contributed by atoms with E-state index in [1.54, 1.807) is 48.5 Å². The molecule has 1 N–H and O–H groups in total. The third-order valence-electron chi connectivity index (χ3n) is 4.27. The van der Waals surface area contributed by atoms with Gasteiger partial charge in [-0.3, -0.25) is 4.79 Å². The van der Waals surface area contributed by atoms with Crippen molar-refractivity contribution in [3.63, 3.8) is 0 Å². The van der Waals surface area contributed by atoms with Crippen molar-refractivity contribution in [2.24, 2.45) is 0 Å². The van der Waals surface area contributed by atoms with Crippen LogP contribution in [0.1, 0.15) is 28.4 Å². The molecule has 3 aromatic carbocycles. The number of carbonyl (C=O) groups is 1. The van der Waals surface area contributed by atoms with Gasteiger partial charge in [-0.2, -0.15) is 0 Å². The van der Waals surface area contributed by atoms with Gasteiger partial charge >= 0.3 is 0 Å². The summed E-state index contributed by atoms with van der Waals surface area (Å²) in [4.78, 5) is 12.7. The summed E-state index contributed by atoms with van der Waals surface area (Å²) < 4.78 is 11.5. The Bertz CT molecular complexity index is 1040. The van der Waals surface area contributed by atoms with Gasteiger partial charge in [0, 0.05) is 32.7 Å². The summed E-state index contributed by atoms with van der Waals surface area (Å²) in [7, 11) is 0. The van der Waals surface area contributed by atoms with E-state index in [4.69, 9.17) is 44.3 Å². The van der Waals surface area contributed by atoms with Gasteiger partial charge in [-0.15, -0.1) is 0 Å². The van der Waals surface area contributed by atoms with E-state index in [1.807, 2.05) is 19.1 Å². The van der Waals surface area contributed by atoms with Crippen molar-refractivity contribution < 1.29 is 14.3 Å². The number of carbonyl (C=O) groups excluding carboxylic acids is 1. The van der Waals surface area contributed by atoms with Gasteiger partial charge < -0.3 is 14.8 Å². The molecule has 0 unspecified atom stereocenters. The first-order valence-electron chi connectivity index (χ1n) is 9.32. The van der Waals surface area contributed by atoms with Crippen LogP contribution < -0.4 is 14.8 Å². The zero-order chi connectivity index (χ0) is 21.5. The summed E-state index contributed by atoms with van der Waals surface area (Å²) >= 11 is 18.1. The fraction of sp³-hybridized carbons (Fsp3) is 0.174. The predicted molar refractivity (Wildman–Crippen MR) is 121 cm³/mol. The van der Waals surface area contributed by atoms with E-state index in [9.17, 15) is 4.79 Å². The van der Waals surface area contributed by atoms with E-state index >= 15 is 0 Å². The highest BCUT2D eigenvalue weighted by molar-refractivity contribution is 6.35. The standard InChI is InChI=1S/C23H20Cl3NO3/c1-2-29-22-9-7-15(10-17(22)14-30-20-5-3-4-18(24)11-20)23(28)27-13-16-6-8-19(25)12-21(16)26/h3-12H,2,13-14H2,1H3,(H,27,28). The van der Waals surface area contributed by atoms with Crippen LogP contribution in [0.2, 0.25) is 15.1 Å². The molecule has 0 aliphatic heterocycles. The quantitative estimate of drug-likeness (QED) is 0.411. The largest absolute Gasteiger partial charge is 0.493 e. The van der Waals surface area contributed by atoms with Crippen molar-refractivity contribution >= 4 is 40.7 Å². The highest BCUT2D eigenvalue weighted by Gasteiger charge is 2.12. The lowest BCUT2D eigenvalue weighted by molar-refractivity contribution is 0.0950. The number of ether oxygens (including phenoxy) is 2. The Balaban J connectivity index is 1.72. The molecule has 0 saturated heterocycles. The number of rotatable bonds is 8. The van der Waals surface area contributed by atoms with Crippen LogP contribution in [-0.2, 0) is 13.2 Å². The van der Waals surface area contributed by atoms with E-state index in [0.717, 1.165) is 11.1 Å². The smallest absolute Gasteiger partial charge is 0.251 e. The normalized spacial score (nSPS) is 10.5. The van der Waals surface area contributed by atoms with Crippen LogP contribution in [0.25, 0.3) is 0 Å². The summed E-state index contributed by atoms with van der Waals surface area (Å²) in [5.74, 6) is 1.07. The Labute approximate surface area is 190 Å². The second kappa shape index (κ2) is 10.6. The second-order valence-electron chi connectivity index (χ2n) is 6.42. The molecule has 0 radical (unpaired) electrons. The van der Waals surface area contributed by atoms with Crippen molar-refractivity contribution in [1.29, 1.82) is 0 Å². The summed E-state index contributed by atoms with van der Waals surface area (Å²) in [6.45, 7) is 2.93. The Morgan fingerprint density at radius 3 is 2.43 bits per heavy atom. The maximum absolute atomic E-state index is 12.7. The summed E-state index contributed by atoms with van der Waals surface area (Å²) in [6, 6.07) is 17.5. The average molecular weight is 465 g/mol. The summed E-state index contributed by atoms with van der Waals surface area (Å²) in [5.41, 5.74) is 2.03. The predicted octanol–water partition coefficient (Wildman–Crippen LogP) is 6.55. The Morgan fingerprint density at radius 1 is 0.900 bits per heavy atom. The molecule has 0 aliphatic rings. The van der Waals surface area contributed by atoms with Crippen LogP contribution in [0.4, 0.5) is 0 Å². The molecule has 0 spiro atoms. The minimum absolute atomic E-state index is 0.229. The molecule has 3 rings (SSSR count). The monoisotopic (exact) mass is 463 g/mol. The van der Waals surface area contributed by atoms with Crippen LogP contribution in [0.5, 0.6) is 11.5 Å². The van der Waals surface area contributed by atoms with Crippen molar-refractivity contribution in [3.8, 4) is 11.5 Å². The molecular formula is C23H20Cl3NO3. The highest BCUT2D eigenvalue weighted by atomic mass is 35.5. The molecule has 0 bridgehead atoms. The first-order valence-corrected chi connectivity index (χ1v) is 10.5. The van der Waals surface area contributed by atoms with Gasteiger partial charge in [-0.25, -0.2) is 0 Å². The number of benzene rings is 3. The first-order chi connectivity index (χ1) is 14.5. The summed E-state index contributed by atoms with van der Waals surface area (Å²) in [6.07, 6.45) is 0. The fourth-order valence-corrected chi connectivity index (χ4v) is 3.45. The van der Waals surface area contributed by atoms with Crippen molar-refractivity contribution in [2.45, 2.75) is 20.1 Å². The van der Waals surface area contributed by atoms with Crippen LogP contribution >= 0.6 is 34.8 Å². The Hall–Kier alpha value is -2.40. The molecule has 3 aromatic rings. The lowest BCUT2D eigenvalue weighted by atomic mass is 10.1. The molecule has 0 fully saturated rings. The molecule has 0 atom stereocenters. The second-order valence-corrected chi connectivity index (χ2v) is 7.70. The molecule has 0 saturated carbocycles. The van der Waals surface area contributed by atoms with Gasteiger partial charge in [-0.1, -0.05) is 46.9 Å². The summed E-state index contributed by atoms with van der Waals surface area (Å²) in [5, 5.41) is 4.51. The maximum Gasteiger partial charge on any atom is 0.251 e. The number of hydrogen-bond donors (Lipinski definition) is 1. The number of halogens is 3. The molecule has 0 aliphatic carbocycles. The van der Waals surface area contributed by atoms with Gasteiger partial charge in [0.05, 0.1) is 6.61 Å². The number of hydrogen-bond acceptors (Lipinski definition) is 3. The van der Waals surface area contributed by atoms with E-state index in [-0.39, 0.29) is 19.1 Å². The van der Waals surface area contributed by atoms with Crippen LogP contribution in [0.15, 0.2) is 60.7 Å². The van der Waals surface area contributed by atoms with E-state index in [1.165, 1.54) is 0 Å². The minimum atomic E-state index is -0.229. The SMILES string of the molecule is CCOc1ccc(C(=O)NCc2ccc(Cl)cc2Cl)cc1COc1cccc(Cl)c1. The van der Waals surface area contributed by atoms with E-state index < -0.39 is 0 Å². The maximum atomic E-state index is 12.7. The first kappa shape index (κ1) is 22.3. The topological polar surface area (TPSA) is 47.6 Å². The van der Waals surface area contributed by atoms with E-state index in [2.05, 4.69) is 5.32 Å². The van der Waals surface area contributed by atoms with Crippen LogP contribution in [-0.4, -0.2) is 12.5 Å². The third kappa shape index (κ3) is 6.05. The fourth-order valence-electron chi connectivity index (χ4n) is 2.79. The Kier molecular flexibility index (Phi) is 7.86. The molecule has 156 valence electrons. The zero-order valence-corrected chi connectivity index (χ0v) is 18.5. The van der Waals surface area contributed by atoms with Crippen LogP contribution in [0, 0.1) is 0 Å².